The zero-order valence-corrected chi connectivity index (χ0v) is 11.8. The van der Waals surface area contributed by atoms with Gasteiger partial charge in [0.2, 0.25) is 10.0 Å². The van der Waals surface area contributed by atoms with Crippen LogP contribution in [0.15, 0.2) is 24.5 Å². The molecule has 0 amide bonds. The molecule has 1 aliphatic rings. The first-order valence-corrected chi connectivity index (χ1v) is 8.05. The van der Waals surface area contributed by atoms with Gasteiger partial charge < -0.3 is 0 Å². The number of fused-ring (bicyclic) bond motifs is 1. The average Bonchev–Trinajstić information content (AvgIpc) is 2.93. The van der Waals surface area contributed by atoms with Gasteiger partial charge in [0.1, 0.15) is 0 Å². The van der Waals surface area contributed by atoms with Gasteiger partial charge in [0, 0.05) is 18.8 Å². The van der Waals surface area contributed by atoms with E-state index >= 15 is 0 Å². The molecular weight excluding hydrogens is 264 g/mol. The van der Waals surface area contributed by atoms with E-state index in [1.165, 1.54) is 6.26 Å². The molecule has 1 fully saturated rings. The number of rotatable bonds is 2. The fraction of sp³-hybridized carbons (Fsp3) is 0.500. The molecule has 0 aromatic carbocycles. The zero-order chi connectivity index (χ0) is 13.7. The molecule has 1 saturated heterocycles. The maximum Gasteiger partial charge on any atom is 0.212 e. The molecule has 2 aromatic rings. The van der Waals surface area contributed by atoms with Crippen molar-refractivity contribution in [3.05, 3.63) is 30.2 Å². The van der Waals surface area contributed by atoms with E-state index in [9.17, 15) is 8.42 Å². The molecule has 2 aromatic heterocycles. The lowest BCUT2D eigenvalue weighted by atomic mass is 9.95. The van der Waals surface area contributed by atoms with Gasteiger partial charge in [-0.05, 0) is 25.8 Å². The Bertz CT molecular complexity index is 724. The van der Waals surface area contributed by atoms with Crippen molar-refractivity contribution in [2.24, 2.45) is 0 Å². The zero-order valence-electron chi connectivity index (χ0n) is 10.9. The fourth-order valence-electron chi connectivity index (χ4n) is 2.97. The van der Waals surface area contributed by atoms with E-state index in [0.29, 0.717) is 6.54 Å². The normalized spacial score (nSPS) is 25.2. The SMILES string of the molecule is CC1(c2ccnc3ccnn23)CCCN1S(C)(=O)=O. The van der Waals surface area contributed by atoms with E-state index in [4.69, 9.17) is 0 Å². The van der Waals surface area contributed by atoms with E-state index in [2.05, 4.69) is 10.1 Å². The van der Waals surface area contributed by atoms with Crippen LogP contribution in [0.1, 0.15) is 25.5 Å². The summed E-state index contributed by atoms with van der Waals surface area (Å²) in [4.78, 5) is 4.22. The quantitative estimate of drug-likeness (QED) is 0.823. The third kappa shape index (κ3) is 1.84. The molecule has 3 heterocycles. The molecule has 7 heteroatoms. The summed E-state index contributed by atoms with van der Waals surface area (Å²) in [5.74, 6) is 0. The van der Waals surface area contributed by atoms with E-state index in [0.717, 1.165) is 24.2 Å². The Kier molecular flexibility index (Phi) is 2.65. The van der Waals surface area contributed by atoms with Crippen molar-refractivity contribution in [3.63, 3.8) is 0 Å². The lowest BCUT2D eigenvalue weighted by molar-refractivity contribution is 0.260. The van der Waals surface area contributed by atoms with Crippen LogP contribution in [0.4, 0.5) is 0 Å². The number of aromatic nitrogens is 3. The Morgan fingerprint density at radius 3 is 2.84 bits per heavy atom. The first-order chi connectivity index (χ1) is 8.93. The van der Waals surface area contributed by atoms with E-state index in [1.54, 1.807) is 21.2 Å². The average molecular weight is 280 g/mol. The smallest absolute Gasteiger partial charge is 0.212 e. The lowest BCUT2D eigenvalue weighted by Gasteiger charge is -2.33. The minimum Gasteiger partial charge on any atom is -0.237 e. The summed E-state index contributed by atoms with van der Waals surface area (Å²) in [6, 6.07) is 3.66. The molecule has 1 aliphatic heterocycles. The van der Waals surface area contributed by atoms with Crippen LogP contribution in [-0.2, 0) is 15.6 Å². The molecule has 0 radical (unpaired) electrons. The highest BCUT2D eigenvalue weighted by atomic mass is 32.2. The van der Waals surface area contributed by atoms with E-state index in [-0.39, 0.29) is 0 Å². The van der Waals surface area contributed by atoms with Crippen LogP contribution >= 0.6 is 0 Å². The first-order valence-electron chi connectivity index (χ1n) is 6.20. The van der Waals surface area contributed by atoms with Gasteiger partial charge in [0.15, 0.2) is 5.65 Å². The third-order valence-corrected chi connectivity index (χ3v) is 5.20. The topological polar surface area (TPSA) is 67.6 Å². The highest BCUT2D eigenvalue weighted by molar-refractivity contribution is 7.88. The van der Waals surface area contributed by atoms with Crippen LogP contribution in [0.3, 0.4) is 0 Å². The van der Waals surface area contributed by atoms with Crippen molar-refractivity contribution in [2.75, 3.05) is 12.8 Å². The van der Waals surface area contributed by atoms with Crippen LogP contribution in [0.25, 0.3) is 5.65 Å². The van der Waals surface area contributed by atoms with Gasteiger partial charge in [-0.3, -0.25) is 0 Å². The summed E-state index contributed by atoms with van der Waals surface area (Å²) in [7, 11) is -3.24. The van der Waals surface area contributed by atoms with Gasteiger partial charge in [-0.2, -0.15) is 9.40 Å². The van der Waals surface area contributed by atoms with Crippen LogP contribution in [-0.4, -0.2) is 40.1 Å². The molecule has 6 nitrogen and oxygen atoms in total. The van der Waals surface area contributed by atoms with Gasteiger partial charge in [0.25, 0.3) is 0 Å². The Hall–Kier alpha value is -1.47. The van der Waals surface area contributed by atoms with Crippen molar-refractivity contribution < 1.29 is 8.42 Å². The second kappa shape index (κ2) is 4.01. The lowest BCUT2D eigenvalue weighted by Crippen LogP contribution is -2.43. The van der Waals surface area contributed by atoms with Crippen molar-refractivity contribution in [1.82, 2.24) is 18.9 Å². The van der Waals surface area contributed by atoms with Gasteiger partial charge >= 0.3 is 0 Å². The summed E-state index contributed by atoms with van der Waals surface area (Å²) in [6.07, 6.45) is 6.29. The van der Waals surface area contributed by atoms with E-state index in [1.807, 2.05) is 19.1 Å². The molecule has 0 aliphatic carbocycles. The number of hydrogen-bond acceptors (Lipinski definition) is 4. The Morgan fingerprint density at radius 1 is 1.32 bits per heavy atom. The maximum atomic E-state index is 12.0. The summed E-state index contributed by atoms with van der Waals surface area (Å²) < 4.78 is 27.2. The molecule has 1 atom stereocenters. The molecule has 0 spiro atoms. The minimum absolute atomic E-state index is 0.555. The molecule has 0 bridgehead atoms. The second-order valence-corrected chi connectivity index (χ2v) is 7.05. The molecule has 19 heavy (non-hydrogen) atoms. The molecule has 102 valence electrons. The predicted octanol–water partition coefficient (Wildman–Crippen LogP) is 1.000. The molecule has 0 N–H and O–H groups in total. The van der Waals surface area contributed by atoms with Crippen molar-refractivity contribution in [3.8, 4) is 0 Å². The molecule has 0 saturated carbocycles. The van der Waals surface area contributed by atoms with Gasteiger partial charge in [-0.15, -0.1) is 0 Å². The third-order valence-electron chi connectivity index (χ3n) is 3.82. The van der Waals surface area contributed by atoms with Gasteiger partial charge in [-0.1, -0.05) is 0 Å². The van der Waals surface area contributed by atoms with Crippen LogP contribution < -0.4 is 0 Å². The standard InChI is InChI=1S/C12H16N4O2S/c1-12(6-3-9-15(12)19(2,17)18)10-4-7-13-11-5-8-14-16(10)11/h4-5,7-8H,3,6,9H2,1-2H3. The van der Waals surface area contributed by atoms with Crippen molar-refractivity contribution in [2.45, 2.75) is 25.3 Å². The Balaban J connectivity index is 2.22. The fourth-order valence-corrected chi connectivity index (χ4v) is 4.35. The summed E-state index contributed by atoms with van der Waals surface area (Å²) in [5.41, 5.74) is 1.05. The first kappa shape index (κ1) is 12.6. The number of sulfonamides is 1. The van der Waals surface area contributed by atoms with Crippen molar-refractivity contribution >= 4 is 15.7 Å². The monoisotopic (exact) mass is 280 g/mol. The second-order valence-electron chi connectivity index (χ2n) is 5.14. The minimum atomic E-state index is -3.24. The molecular formula is C12H16N4O2S. The summed E-state index contributed by atoms with van der Waals surface area (Å²) >= 11 is 0. The number of hydrogen-bond donors (Lipinski definition) is 0. The Labute approximate surface area is 112 Å². The van der Waals surface area contributed by atoms with E-state index < -0.39 is 15.6 Å². The molecule has 3 rings (SSSR count). The van der Waals surface area contributed by atoms with Gasteiger partial charge in [-0.25, -0.2) is 17.9 Å². The van der Waals surface area contributed by atoms with Gasteiger partial charge in [0.05, 0.1) is 23.7 Å². The maximum absolute atomic E-state index is 12.0. The Morgan fingerprint density at radius 2 is 2.11 bits per heavy atom. The van der Waals surface area contributed by atoms with Crippen molar-refractivity contribution in [1.29, 1.82) is 0 Å². The highest BCUT2D eigenvalue weighted by Gasteiger charge is 2.44. The van der Waals surface area contributed by atoms with Crippen LogP contribution in [0.5, 0.6) is 0 Å². The van der Waals surface area contributed by atoms with Crippen LogP contribution in [0, 0.1) is 0 Å². The predicted molar refractivity (Wildman–Crippen MR) is 71.1 cm³/mol. The highest BCUT2D eigenvalue weighted by Crippen LogP contribution is 2.39. The summed E-state index contributed by atoms with van der Waals surface area (Å²) in [6.45, 7) is 2.51. The summed E-state index contributed by atoms with van der Waals surface area (Å²) in [5, 5.41) is 4.26. The molecule has 1 unspecified atom stereocenters. The number of nitrogens with zero attached hydrogens (tertiary/aromatic N) is 4. The van der Waals surface area contributed by atoms with Crippen LogP contribution in [0.2, 0.25) is 0 Å². The largest absolute Gasteiger partial charge is 0.237 e.